The minimum Gasteiger partial charge on any atom is -0.423 e. The number of nitrogens with zero attached hydrogens (tertiary/aromatic N) is 2. The van der Waals surface area contributed by atoms with E-state index in [0.29, 0.717) is 18.4 Å². The minimum atomic E-state index is 0.0556. The molecule has 0 spiro atoms. The molecule has 1 unspecified atom stereocenters. The second-order valence-corrected chi connectivity index (χ2v) is 7.38. The maximum atomic E-state index is 5.86. The summed E-state index contributed by atoms with van der Waals surface area (Å²) in [7, 11) is 0. The van der Waals surface area contributed by atoms with Crippen LogP contribution in [0.15, 0.2) is 15.9 Å². The molecule has 0 saturated carbocycles. The Labute approximate surface area is 123 Å². The largest absolute Gasteiger partial charge is 0.423 e. The zero-order valence-electron chi connectivity index (χ0n) is 12.3. The minimum absolute atomic E-state index is 0.0556. The average molecular weight is 291 g/mol. The predicted octanol–water partition coefficient (Wildman–Crippen LogP) is 3.49. The maximum Gasteiger partial charge on any atom is 0.230 e. The van der Waals surface area contributed by atoms with Crippen molar-refractivity contribution < 1.29 is 4.42 Å². The van der Waals surface area contributed by atoms with Crippen molar-refractivity contribution in [3.8, 4) is 0 Å². The van der Waals surface area contributed by atoms with E-state index < -0.39 is 0 Å². The first-order valence-corrected chi connectivity index (χ1v) is 8.04. The topological polar surface area (TPSA) is 51.0 Å². The SMILES string of the molecule is CC(C)(C)NCc1nnc(C2CCCc3sccc32)o1. The van der Waals surface area contributed by atoms with Crippen LogP contribution in [0.4, 0.5) is 0 Å². The molecule has 2 heterocycles. The Morgan fingerprint density at radius 2 is 2.25 bits per heavy atom. The van der Waals surface area contributed by atoms with Crippen LogP contribution in [0, 0.1) is 0 Å². The molecular weight excluding hydrogens is 270 g/mol. The van der Waals surface area contributed by atoms with Crippen molar-refractivity contribution in [3.63, 3.8) is 0 Å². The highest BCUT2D eigenvalue weighted by atomic mass is 32.1. The van der Waals surface area contributed by atoms with Gasteiger partial charge in [-0.1, -0.05) is 0 Å². The highest BCUT2D eigenvalue weighted by molar-refractivity contribution is 7.10. The molecule has 2 aromatic rings. The molecule has 0 bridgehead atoms. The van der Waals surface area contributed by atoms with Crippen molar-refractivity contribution in [2.24, 2.45) is 0 Å². The molecule has 5 heteroatoms. The van der Waals surface area contributed by atoms with Crippen LogP contribution in [0.2, 0.25) is 0 Å². The quantitative estimate of drug-likeness (QED) is 0.940. The van der Waals surface area contributed by atoms with Crippen LogP contribution in [0.5, 0.6) is 0 Å². The second kappa shape index (κ2) is 5.30. The number of fused-ring (bicyclic) bond motifs is 1. The Balaban J connectivity index is 1.75. The Hall–Kier alpha value is -1.20. The summed E-state index contributed by atoms with van der Waals surface area (Å²) in [6.45, 7) is 7.01. The molecule has 20 heavy (non-hydrogen) atoms. The summed E-state index contributed by atoms with van der Waals surface area (Å²) in [4.78, 5) is 1.48. The molecule has 108 valence electrons. The Kier molecular flexibility index (Phi) is 3.65. The molecule has 0 saturated heterocycles. The lowest BCUT2D eigenvalue weighted by Crippen LogP contribution is -2.35. The van der Waals surface area contributed by atoms with Gasteiger partial charge in [-0.25, -0.2) is 0 Å². The first-order valence-electron chi connectivity index (χ1n) is 7.16. The van der Waals surface area contributed by atoms with Gasteiger partial charge in [-0.2, -0.15) is 0 Å². The number of aryl methyl sites for hydroxylation is 1. The van der Waals surface area contributed by atoms with E-state index in [-0.39, 0.29) is 5.54 Å². The molecule has 1 aliphatic carbocycles. The van der Waals surface area contributed by atoms with Crippen LogP contribution in [0.3, 0.4) is 0 Å². The van der Waals surface area contributed by atoms with Gasteiger partial charge in [0.2, 0.25) is 11.8 Å². The van der Waals surface area contributed by atoms with E-state index in [9.17, 15) is 0 Å². The van der Waals surface area contributed by atoms with Crippen molar-refractivity contribution in [1.29, 1.82) is 0 Å². The summed E-state index contributed by atoms with van der Waals surface area (Å²) < 4.78 is 5.86. The predicted molar refractivity (Wildman–Crippen MR) is 80.0 cm³/mol. The van der Waals surface area contributed by atoms with Crippen molar-refractivity contribution in [2.75, 3.05) is 0 Å². The molecule has 0 radical (unpaired) electrons. The van der Waals surface area contributed by atoms with Gasteiger partial charge in [-0.05, 0) is 57.0 Å². The van der Waals surface area contributed by atoms with Crippen LogP contribution >= 0.6 is 11.3 Å². The number of thiophene rings is 1. The number of rotatable bonds is 3. The van der Waals surface area contributed by atoms with Crippen LogP contribution < -0.4 is 5.32 Å². The standard InChI is InChI=1S/C15H21N3OS/c1-15(2,3)16-9-13-17-18-14(19-13)11-5-4-6-12-10(11)7-8-20-12/h7-8,11,16H,4-6,9H2,1-3H3. The van der Waals surface area contributed by atoms with Gasteiger partial charge in [0, 0.05) is 10.4 Å². The number of aromatic nitrogens is 2. The third kappa shape index (κ3) is 2.94. The van der Waals surface area contributed by atoms with E-state index in [4.69, 9.17) is 4.42 Å². The van der Waals surface area contributed by atoms with Gasteiger partial charge < -0.3 is 9.73 Å². The highest BCUT2D eigenvalue weighted by Gasteiger charge is 2.27. The molecule has 0 amide bonds. The molecule has 1 aliphatic rings. The maximum absolute atomic E-state index is 5.86. The number of hydrogen-bond donors (Lipinski definition) is 1. The van der Waals surface area contributed by atoms with E-state index >= 15 is 0 Å². The fraction of sp³-hybridized carbons (Fsp3) is 0.600. The van der Waals surface area contributed by atoms with Gasteiger partial charge in [0.15, 0.2) is 0 Å². The first kappa shape index (κ1) is 13.8. The first-order chi connectivity index (χ1) is 9.53. The number of hydrogen-bond acceptors (Lipinski definition) is 5. The third-order valence-electron chi connectivity index (χ3n) is 3.60. The van der Waals surface area contributed by atoms with Crippen LogP contribution in [-0.4, -0.2) is 15.7 Å². The Bertz CT molecular complexity index is 582. The van der Waals surface area contributed by atoms with E-state index in [1.54, 1.807) is 0 Å². The third-order valence-corrected chi connectivity index (χ3v) is 4.60. The Morgan fingerprint density at radius 3 is 3.05 bits per heavy atom. The van der Waals surface area contributed by atoms with Gasteiger partial charge in [-0.15, -0.1) is 21.5 Å². The fourth-order valence-corrected chi connectivity index (χ4v) is 3.55. The zero-order valence-corrected chi connectivity index (χ0v) is 13.1. The molecule has 0 aliphatic heterocycles. The zero-order chi connectivity index (χ0) is 14.2. The molecule has 2 aromatic heterocycles. The van der Waals surface area contributed by atoms with Gasteiger partial charge in [0.1, 0.15) is 0 Å². The lowest BCUT2D eigenvalue weighted by atomic mass is 9.88. The van der Waals surface area contributed by atoms with Gasteiger partial charge in [0.25, 0.3) is 0 Å². The van der Waals surface area contributed by atoms with E-state index in [0.717, 1.165) is 12.3 Å². The molecular formula is C15H21N3OS. The van der Waals surface area contributed by atoms with Crippen molar-refractivity contribution in [3.05, 3.63) is 33.7 Å². The van der Waals surface area contributed by atoms with Crippen molar-refractivity contribution in [2.45, 2.75) is 58.0 Å². The summed E-state index contributed by atoms with van der Waals surface area (Å²) >= 11 is 1.84. The van der Waals surface area contributed by atoms with E-state index in [1.165, 1.54) is 23.3 Å². The molecule has 3 rings (SSSR count). The van der Waals surface area contributed by atoms with Gasteiger partial charge >= 0.3 is 0 Å². The normalized spacial score (nSPS) is 19.1. The van der Waals surface area contributed by atoms with Crippen LogP contribution in [-0.2, 0) is 13.0 Å². The van der Waals surface area contributed by atoms with Crippen LogP contribution in [0.1, 0.15) is 61.8 Å². The summed E-state index contributed by atoms with van der Waals surface area (Å²) in [6, 6.07) is 2.21. The van der Waals surface area contributed by atoms with E-state index in [1.807, 2.05) is 11.3 Å². The summed E-state index contributed by atoms with van der Waals surface area (Å²) in [5.41, 5.74) is 1.44. The fourth-order valence-electron chi connectivity index (χ4n) is 2.56. The summed E-state index contributed by atoms with van der Waals surface area (Å²) in [6.07, 6.45) is 3.50. The lowest BCUT2D eigenvalue weighted by molar-refractivity contribution is 0.361. The molecule has 0 fully saturated rings. The Morgan fingerprint density at radius 1 is 1.40 bits per heavy atom. The van der Waals surface area contributed by atoms with E-state index in [2.05, 4.69) is 47.7 Å². The molecule has 4 nitrogen and oxygen atoms in total. The monoisotopic (exact) mass is 291 g/mol. The molecule has 1 N–H and O–H groups in total. The summed E-state index contributed by atoms with van der Waals surface area (Å²) in [5.74, 6) is 1.74. The number of nitrogens with one attached hydrogen (secondary N) is 1. The summed E-state index contributed by atoms with van der Waals surface area (Å²) in [5, 5.41) is 14.0. The highest BCUT2D eigenvalue weighted by Crippen LogP contribution is 2.38. The van der Waals surface area contributed by atoms with Crippen molar-refractivity contribution in [1.82, 2.24) is 15.5 Å². The molecule has 0 aromatic carbocycles. The average Bonchev–Trinajstić information content (AvgIpc) is 3.04. The smallest absolute Gasteiger partial charge is 0.230 e. The van der Waals surface area contributed by atoms with Gasteiger partial charge in [-0.3, -0.25) is 0 Å². The van der Waals surface area contributed by atoms with Crippen LogP contribution in [0.25, 0.3) is 0 Å². The van der Waals surface area contributed by atoms with Crippen molar-refractivity contribution >= 4 is 11.3 Å². The van der Waals surface area contributed by atoms with Gasteiger partial charge in [0.05, 0.1) is 12.5 Å². The molecule has 1 atom stereocenters. The second-order valence-electron chi connectivity index (χ2n) is 6.38. The lowest BCUT2D eigenvalue weighted by Gasteiger charge is -2.19.